The maximum Gasteiger partial charge on any atom is 0.306 e. The smallest absolute Gasteiger partial charge is 0.306 e. The summed E-state index contributed by atoms with van der Waals surface area (Å²) in [4.78, 5) is 37.9. The van der Waals surface area contributed by atoms with Crippen molar-refractivity contribution >= 4 is 17.9 Å². The molecule has 0 radical (unpaired) electrons. The molecule has 0 aromatic rings. The zero-order chi connectivity index (χ0) is 47.2. The normalized spacial score (nSPS) is 12.7. The van der Waals surface area contributed by atoms with Gasteiger partial charge in [0.1, 0.15) is 13.2 Å². The number of hydrogen-bond acceptors (Lipinski definition) is 6. The Morgan fingerprint density at radius 1 is 0.323 bits per heavy atom. The second kappa shape index (κ2) is 53.2. The Bertz CT molecular complexity index is 1270. The van der Waals surface area contributed by atoms with E-state index in [0.29, 0.717) is 19.3 Å². The Balaban J connectivity index is 4.22. The Morgan fingerprint density at radius 3 is 0.969 bits per heavy atom. The first-order valence-electron chi connectivity index (χ1n) is 27.1. The highest BCUT2D eigenvalue weighted by Gasteiger charge is 2.19. The van der Waals surface area contributed by atoms with E-state index in [2.05, 4.69) is 106 Å². The molecule has 0 aliphatic carbocycles. The lowest BCUT2D eigenvalue weighted by Gasteiger charge is -2.18. The van der Waals surface area contributed by atoms with Crippen molar-refractivity contribution in [1.29, 1.82) is 0 Å². The van der Waals surface area contributed by atoms with Crippen molar-refractivity contribution < 1.29 is 28.6 Å². The second-order valence-corrected chi connectivity index (χ2v) is 17.8. The minimum Gasteiger partial charge on any atom is -0.462 e. The molecular formula is C59H100O6. The van der Waals surface area contributed by atoms with E-state index in [1.165, 1.54) is 89.9 Å². The fourth-order valence-corrected chi connectivity index (χ4v) is 7.32. The molecule has 0 saturated heterocycles. The van der Waals surface area contributed by atoms with Crippen molar-refractivity contribution in [3.05, 3.63) is 85.1 Å². The van der Waals surface area contributed by atoms with Crippen molar-refractivity contribution in [2.24, 2.45) is 0 Å². The van der Waals surface area contributed by atoms with Crippen molar-refractivity contribution in [2.75, 3.05) is 13.2 Å². The van der Waals surface area contributed by atoms with Gasteiger partial charge in [-0.05, 0) is 96.3 Å². The standard InChI is InChI=1S/C59H100O6/c1-4-7-10-13-16-18-20-22-24-25-26-27-28-29-30-31-32-33-35-36-38-40-43-46-49-52-58(61)64-55-56(54-63-57(60)51-48-45-42-15-12-9-6-3)65-59(62)53-50-47-44-41-39-37-34-23-21-19-17-14-11-8-5-2/h7,10,16-19,22-24,26-27,29-30,34,56H,4-6,8-9,11-15,20-21,25,28,31-33,35-55H2,1-3H3/b10-7-,18-16-,19-17-,24-22-,27-26-,30-29-,34-23-. The molecule has 372 valence electrons. The third-order valence-electron chi connectivity index (χ3n) is 11.4. The van der Waals surface area contributed by atoms with E-state index in [4.69, 9.17) is 14.2 Å². The SMILES string of the molecule is CC/C=C\C/C=C\C/C=C\C/C=C\C/C=C\CCCCCCCCCCCC(=O)OCC(COC(=O)CCCCCCCCC)OC(=O)CCCCCCC/C=C\C/C=C\CCCCC. The summed E-state index contributed by atoms with van der Waals surface area (Å²) in [6.07, 6.45) is 68.7. The first-order valence-corrected chi connectivity index (χ1v) is 27.1. The van der Waals surface area contributed by atoms with Gasteiger partial charge in [-0.25, -0.2) is 0 Å². The molecule has 0 aromatic heterocycles. The topological polar surface area (TPSA) is 78.9 Å². The van der Waals surface area contributed by atoms with Gasteiger partial charge in [-0.3, -0.25) is 14.4 Å². The zero-order valence-electron chi connectivity index (χ0n) is 42.5. The van der Waals surface area contributed by atoms with Crippen LogP contribution in [0, 0.1) is 0 Å². The lowest BCUT2D eigenvalue weighted by molar-refractivity contribution is -0.167. The van der Waals surface area contributed by atoms with Crippen LogP contribution in [-0.2, 0) is 28.6 Å². The van der Waals surface area contributed by atoms with E-state index >= 15 is 0 Å². The van der Waals surface area contributed by atoms with Gasteiger partial charge in [-0.15, -0.1) is 0 Å². The summed E-state index contributed by atoms with van der Waals surface area (Å²) < 4.78 is 16.7. The van der Waals surface area contributed by atoms with Gasteiger partial charge in [-0.1, -0.05) is 221 Å². The van der Waals surface area contributed by atoms with Crippen LogP contribution in [0.2, 0.25) is 0 Å². The summed E-state index contributed by atoms with van der Waals surface area (Å²) in [7, 11) is 0. The Morgan fingerprint density at radius 2 is 0.600 bits per heavy atom. The molecule has 0 heterocycles. The molecule has 1 atom stereocenters. The van der Waals surface area contributed by atoms with Crippen LogP contribution in [0.5, 0.6) is 0 Å². The van der Waals surface area contributed by atoms with Gasteiger partial charge >= 0.3 is 17.9 Å². The van der Waals surface area contributed by atoms with Gasteiger partial charge in [0.25, 0.3) is 0 Å². The third kappa shape index (κ3) is 51.4. The van der Waals surface area contributed by atoms with Crippen LogP contribution in [0.1, 0.15) is 252 Å². The predicted octanol–water partition coefficient (Wildman–Crippen LogP) is 18.0. The molecule has 1 unspecified atom stereocenters. The van der Waals surface area contributed by atoms with Crippen molar-refractivity contribution in [3.8, 4) is 0 Å². The fraction of sp³-hybridized carbons (Fsp3) is 0.712. The van der Waals surface area contributed by atoms with Gasteiger partial charge in [-0.2, -0.15) is 0 Å². The molecule has 0 bridgehead atoms. The molecule has 0 rings (SSSR count). The van der Waals surface area contributed by atoms with Gasteiger partial charge < -0.3 is 14.2 Å². The molecule has 6 nitrogen and oxygen atoms in total. The number of hydrogen-bond donors (Lipinski definition) is 0. The number of carbonyl (C=O) groups excluding carboxylic acids is 3. The third-order valence-corrected chi connectivity index (χ3v) is 11.4. The molecule has 0 aliphatic rings. The average Bonchev–Trinajstić information content (AvgIpc) is 3.30. The zero-order valence-corrected chi connectivity index (χ0v) is 42.5. The van der Waals surface area contributed by atoms with Gasteiger partial charge in [0.15, 0.2) is 6.10 Å². The van der Waals surface area contributed by atoms with Crippen LogP contribution in [0.4, 0.5) is 0 Å². The van der Waals surface area contributed by atoms with Crippen LogP contribution in [-0.4, -0.2) is 37.2 Å². The largest absolute Gasteiger partial charge is 0.462 e. The summed E-state index contributed by atoms with van der Waals surface area (Å²) in [5.41, 5.74) is 0. The second-order valence-electron chi connectivity index (χ2n) is 17.8. The van der Waals surface area contributed by atoms with Crippen LogP contribution in [0.25, 0.3) is 0 Å². The predicted molar refractivity (Wildman–Crippen MR) is 279 cm³/mol. The van der Waals surface area contributed by atoms with E-state index < -0.39 is 6.10 Å². The number of allylic oxidation sites excluding steroid dienone is 14. The molecular weight excluding hydrogens is 805 g/mol. The monoisotopic (exact) mass is 905 g/mol. The summed E-state index contributed by atoms with van der Waals surface area (Å²) in [6.45, 7) is 6.44. The van der Waals surface area contributed by atoms with E-state index in [1.807, 2.05) is 0 Å². The summed E-state index contributed by atoms with van der Waals surface area (Å²) in [6, 6.07) is 0. The van der Waals surface area contributed by atoms with Gasteiger partial charge in [0, 0.05) is 19.3 Å². The molecule has 65 heavy (non-hydrogen) atoms. The Hall–Kier alpha value is -3.41. The number of carbonyl (C=O) groups is 3. The first kappa shape index (κ1) is 61.6. The molecule has 0 amide bonds. The molecule has 0 fully saturated rings. The summed E-state index contributed by atoms with van der Waals surface area (Å²) in [5, 5.41) is 0. The summed E-state index contributed by atoms with van der Waals surface area (Å²) >= 11 is 0. The molecule has 0 aromatic carbocycles. The lowest BCUT2D eigenvalue weighted by atomic mass is 10.1. The van der Waals surface area contributed by atoms with E-state index in [1.54, 1.807) is 0 Å². The highest BCUT2D eigenvalue weighted by molar-refractivity contribution is 5.71. The van der Waals surface area contributed by atoms with E-state index in [-0.39, 0.29) is 31.1 Å². The van der Waals surface area contributed by atoms with Crippen LogP contribution < -0.4 is 0 Å². The quantitative estimate of drug-likeness (QED) is 0.0262. The Labute approximate surface area is 401 Å². The van der Waals surface area contributed by atoms with Crippen molar-refractivity contribution in [2.45, 2.75) is 258 Å². The number of unbranched alkanes of at least 4 members (excludes halogenated alkanes) is 23. The lowest BCUT2D eigenvalue weighted by Crippen LogP contribution is -2.30. The van der Waals surface area contributed by atoms with Crippen LogP contribution in [0.3, 0.4) is 0 Å². The minimum absolute atomic E-state index is 0.0834. The van der Waals surface area contributed by atoms with Crippen LogP contribution in [0.15, 0.2) is 85.1 Å². The van der Waals surface area contributed by atoms with Gasteiger partial charge in [0.05, 0.1) is 0 Å². The van der Waals surface area contributed by atoms with Crippen molar-refractivity contribution in [1.82, 2.24) is 0 Å². The molecule has 0 spiro atoms. The molecule has 6 heteroatoms. The fourth-order valence-electron chi connectivity index (χ4n) is 7.32. The maximum absolute atomic E-state index is 12.8. The van der Waals surface area contributed by atoms with Crippen LogP contribution >= 0.6 is 0 Å². The molecule has 0 saturated carbocycles. The highest BCUT2D eigenvalue weighted by Crippen LogP contribution is 2.14. The van der Waals surface area contributed by atoms with Gasteiger partial charge in [0.2, 0.25) is 0 Å². The number of esters is 3. The average molecular weight is 905 g/mol. The molecule has 0 N–H and O–H groups in total. The van der Waals surface area contributed by atoms with E-state index in [9.17, 15) is 14.4 Å². The number of ether oxygens (including phenoxy) is 3. The molecule has 0 aliphatic heterocycles. The first-order chi connectivity index (χ1) is 32.0. The van der Waals surface area contributed by atoms with E-state index in [0.717, 1.165) is 122 Å². The minimum atomic E-state index is -0.783. The number of rotatable bonds is 48. The Kier molecular flexibility index (Phi) is 50.4. The van der Waals surface area contributed by atoms with Crippen molar-refractivity contribution in [3.63, 3.8) is 0 Å². The highest BCUT2D eigenvalue weighted by atomic mass is 16.6. The summed E-state index contributed by atoms with van der Waals surface area (Å²) in [5.74, 6) is -0.909. The maximum atomic E-state index is 12.8.